The van der Waals surface area contributed by atoms with Crippen molar-refractivity contribution in [1.29, 1.82) is 0 Å². The number of piperidine rings is 1. The summed E-state index contributed by atoms with van der Waals surface area (Å²) in [7, 11) is 0. The lowest BCUT2D eigenvalue weighted by Gasteiger charge is -2.37. The molecular formula is C13H19N3O2. The van der Waals surface area contributed by atoms with E-state index in [1.54, 1.807) is 12.1 Å². The van der Waals surface area contributed by atoms with Crippen LogP contribution in [0.3, 0.4) is 0 Å². The zero-order chi connectivity index (χ0) is 13.1. The third-order valence-electron chi connectivity index (χ3n) is 3.61. The molecule has 98 valence electrons. The van der Waals surface area contributed by atoms with Gasteiger partial charge in [0.1, 0.15) is 0 Å². The maximum absolute atomic E-state index is 10.9. The van der Waals surface area contributed by atoms with Crippen LogP contribution in [0.15, 0.2) is 18.2 Å². The summed E-state index contributed by atoms with van der Waals surface area (Å²) < 4.78 is 0. The molecule has 1 heterocycles. The molecule has 0 aromatic heterocycles. The predicted octanol–water partition coefficient (Wildman–Crippen LogP) is 2.22. The molecule has 0 saturated carbocycles. The third kappa shape index (κ3) is 2.46. The van der Waals surface area contributed by atoms with Crippen LogP contribution in [0.5, 0.6) is 0 Å². The third-order valence-corrected chi connectivity index (χ3v) is 3.61. The summed E-state index contributed by atoms with van der Waals surface area (Å²) in [4.78, 5) is 12.7. The zero-order valence-electron chi connectivity index (χ0n) is 10.6. The van der Waals surface area contributed by atoms with E-state index in [1.165, 1.54) is 6.42 Å². The van der Waals surface area contributed by atoms with E-state index in [-0.39, 0.29) is 10.6 Å². The van der Waals surface area contributed by atoms with Crippen molar-refractivity contribution >= 4 is 11.4 Å². The van der Waals surface area contributed by atoms with Crippen molar-refractivity contribution in [3.63, 3.8) is 0 Å². The van der Waals surface area contributed by atoms with Gasteiger partial charge in [-0.15, -0.1) is 0 Å². The number of anilines is 1. The van der Waals surface area contributed by atoms with Gasteiger partial charge in [0.2, 0.25) is 0 Å². The Morgan fingerprint density at radius 2 is 2.28 bits per heavy atom. The molecule has 0 spiro atoms. The summed E-state index contributed by atoms with van der Waals surface area (Å²) >= 11 is 0. The molecule has 1 unspecified atom stereocenters. The van der Waals surface area contributed by atoms with Crippen LogP contribution in [0.1, 0.15) is 24.8 Å². The van der Waals surface area contributed by atoms with Gasteiger partial charge in [-0.3, -0.25) is 10.1 Å². The maximum Gasteiger partial charge on any atom is 0.271 e. The minimum atomic E-state index is -0.343. The van der Waals surface area contributed by atoms with E-state index < -0.39 is 0 Å². The van der Waals surface area contributed by atoms with Crippen LogP contribution in [0, 0.1) is 17.0 Å². The van der Waals surface area contributed by atoms with Crippen LogP contribution < -0.4 is 10.6 Å². The first kappa shape index (κ1) is 12.8. The van der Waals surface area contributed by atoms with Gasteiger partial charge in [0.05, 0.1) is 4.92 Å². The number of nitrogens with two attached hydrogens (primary N) is 1. The number of nitro groups is 1. The molecule has 1 aromatic carbocycles. The van der Waals surface area contributed by atoms with Crippen molar-refractivity contribution in [2.24, 2.45) is 5.73 Å². The fraction of sp³-hybridized carbons (Fsp3) is 0.538. The minimum Gasteiger partial charge on any atom is -0.367 e. The molecule has 0 aliphatic carbocycles. The monoisotopic (exact) mass is 249 g/mol. The highest BCUT2D eigenvalue weighted by Gasteiger charge is 2.23. The molecule has 1 saturated heterocycles. The lowest BCUT2D eigenvalue weighted by atomic mass is 10.00. The second-order valence-corrected chi connectivity index (χ2v) is 4.81. The quantitative estimate of drug-likeness (QED) is 0.658. The molecule has 1 aromatic rings. The Labute approximate surface area is 107 Å². The maximum atomic E-state index is 10.9. The second kappa shape index (κ2) is 5.35. The Morgan fingerprint density at radius 3 is 2.94 bits per heavy atom. The van der Waals surface area contributed by atoms with Crippen LogP contribution >= 0.6 is 0 Å². The number of hydrogen-bond donors (Lipinski definition) is 1. The SMILES string of the molecule is Cc1ccc([N+](=O)[O-])cc1N1CCCCC1CN. The number of non-ortho nitro benzene ring substituents is 1. The van der Waals surface area contributed by atoms with Crippen molar-refractivity contribution in [1.82, 2.24) is 0 Å². The fourth-order valence-electron chi connectivity index (χ4n) is 2.58. The Kier molecular flexibility index (Phi) is 3.81. The van der Waals surface area contributed by atoms with Gasteiger partial charge in [-0.1, -0.05) is 6.07 Å². The first-order chi connectivity index (χ1) is 8.63. The Hall–Kier alpha value is -1.62. The number of hydrogen-bond acceptors (Lipinski definition) is 4. The Morgan fingerprint density at radius 1 is 1.50 bits per heavy atom. The number of benzene rings is 1. The van der Waals surface area contributed by atoms with E-state index in [0.29, 0.717) is 12.6 Å². The lowest BCUT2D eigenvalue weighted by Crippen LogP contribution is -2.44. The van der Waals surface area contributed by atoms with E-state index >= 15 is 0 Å². The van der Waals surface area contributed by atoms with E-state index in [9.17, 15) is 10.1 Å². The average molecular weight is 249 g/mol. The summed E-state index contributed by atoms with van der Waals surface area (Å²) in [5, 5.41) is 10.9. The topological polar surface area (TPSA) is 72.4 Å². The summed E-state index contributed by atoms with van der Waals surface area (Å²) in [5.74, 6) is 0. The van der Waals surface area contributed by atoms with Crippen LogP contribution in [0.2, 0.25) is 0 Å². The molecule has 0 bridgehead atoms. The van der Waals surface area contributed by atoms with Gasteiger partial charge in [-0.05, 0) is 31.7 Å². The standard InChI is InChI=1S/C13H19N3O2/c1-10-5-6-11(16(17)18)8-13(10)15-7-3-2-4-12(15)9-14/h5-6,8,12H,2-4,7,9,14H2,1H3. The summed E-state index contributed by atoms with van der Waals surface area (Å²) in [6.07, 6.45) is 3.38. The molecule has 5 nitrogen and oxygen atoms in total. The fourth-order valence-corrected chi connectivity index (χ4v) is 2.58. The molecule has 2 N–H and O–H groups in total. The smallest absolute Gasteiger partial charge is 0.271 e. The van der Waals surface area contributed by atoms with Gasteiger partial charge in [-0.25, -0.2) is 0 Å². The van der Waals surface area contributed by atoms with Gasteiger partial charge in [0.15, 0.2) is 0 Å². The van der Waals surface area contributed by atoms with Gasteiger partial charge < -0.3 is 10.6 Å². The van der Waals surface area contributed by atoms with Gasteiger partial charge in [0.25, 0.3) is 5.69 Å². The second-order valence-electron chi connectivity index (χ2n) is 4.81. The highest BCUT2D eigenvalue weighted by Crippen LogP contribution is 2.30. The van der Waals surface area contributed by atoms with E-state index in [4.69, 9.17) is 5.73 Å². The van der Waals surface area contributed by atoms with Crippen molar-refractivity contribution in [3.8, 4) is 0 Å². The Bertz CT molecular complexity index is 448. The summed E-state index contributed by atoms with van der Waals surface area (Å²) in [5.41, 5.74) is 7.98. The van der Waals surface area contributed by atoms with Crippen molar-refractivity contribution in [2.45, 2.75) is 32.2 Å². The Balaban J connectivity index is 2.35. The van der Waals surface area contributed by atoms with Crippen molar-refractivity contribution in [3.05, 3.63) is 33.9 Å². The van der Waals surface area contributed by atoms with E-state index in [0.717, 1.165) is 30.6 Å². The zero-order valence-corrected chi connectivity index (χ0v) is 10.6. The largest absolute Gasteiger partial charge is 0.367 e. The molecule has 18 heavy (non-hydrogen) atoms. The van der Waals surface area contributed by atoms with Gasteiger partial charge in [-0.2, -0.15) is 0 Å². The molecule has 1 atom stereocenters. The predicted molar refractivity (Wildman–Crippen MR) is 71.9 cm³/mol. The van der Waals surface area contributed by atoms with Gasteiger partial charge in [0, 0.05) is 37.0 Å². The molecular weight excluding hydrogens is 230 g/mol. The molecule has 1 aliphatic rings. The minimum absolute atomic E-state index is 0.150. The number of nitrogens with zero attached hydrogens (tertiary/aromatic N) is 2. The molecule has 5 heteroatoms. The van der Waals surface area contributed by atoms with E-state index in [1.807, 2.05) is 13.0 Å². The number of nitro benzene ring substituents is 1. The normalized spacial score (nSPS) is 19.9. The first-order valence-corrected chi connectivity index (χ1v) is 6.35. The van der Waals surface area contributed by atoms with Crippen LogP contribution in [-0.2, 0) is 0 Å². The first-order valence-electron chi connectivity index (χ1n) is 6.35. The van der Waals surface area contributed by atoms with Gasteiger partial charge >= 0.3 is 0 Å². The van der Waals surface area contributed by atoms with E-state index in [2.05, 4.69) is 4.90 Å². The molecule has 0 amide bonds. The highest BCUT2D eigenvalue weighted by atomic mass is 16.6. The van der Waals surface area contributed by atoms with Crippen molar-refractivity contribution in [2.75, 3.05) is 18.0 Å². The molecule has 1 fully saturated rings. The number of rotatable bonds is 3. The van der Waals surface area contributed by atoms with Crippen LogP contribution in [-0.4, -0.2) is 24.1 Å². The molecule has 0 radical (unpaired) electrons. The molecule has 2 rings (SSSR count). The number of aryl methyl sites for hydroxylation is 1. The molecule has 1 aliphatic heterocycles. The summed E-state index contributed by atoms with van der Waals surface area (Å²) in [6.45, 7) is 3.52. The average Bonchev–Trinajstić information content (AvgIpc) is 2.39. The lowest BCUT2D eigenvalue weighted by molar-refractivity contribution is -0.384. The van der Waals surface area contributed by atoms with Crippen LogP contribution in [0.4, 0.5) is 11.4 Å². The van der Waals surface area contributed by atoms with Crippen LogP contribution in [0.25, 0.3) is 0 Å². The van der Waals surface area contributed by atoms with Crippen molar-refractivity contribution < 1.29 is 4.92 Å². The summed E-state index contributed by atoms with van der Waals surface area (Å²) in [6, 6.07) is 5.35. The highest BCUT2D eigenvalue weighted by molar-refractivity contribution is 5.59.